The Balaban J connectivity index is 2.84. The number of hydrogen-bond acceptors (Lipinski definition) is 3. The molecule has 5 heteroatoms. The van der Waals surface area contributed by atoms with E-state index in [4.69, 9.17) is 16.7 Å². The van der Waals surface area contributed by atoms with Crippen molar-refractivity contribution in [1.29, 1.82) is 0 Å². The minimum Gasteiger partial charge on any atom is -0.504 e. The summed E-state index contributed by atoms with van der Waals surface area (Å²) in [6.07, 6.45) is 0. The molecule has 0 fully saturated rings. The summed E-state index contributed by atoms with van der Waals surface area (Å²) in [7, 11) is 0. The third kappa shape index (κ3) is 2.29. The van der Waals surface area contributed by atoms with Crippen LogP contribution in [-0.4, -0.2) is 28.5 Å². The molecule has 0 aliphatic heterocycles. The van der Waals surface area contributed by atoms with Gasteiger partial charge >= 0.3 is 0 Å². The van der Waals surface area contributed by atoms with E-state index in [0.29, 0.717) is 12.4 Å². The first-order valence-corrected chi connectivity index (χ1v) is 4.55. The normalized spacial score (nSPS) is 9.79. The number of nitrogens with one attached hydrogen (secondary N) is 1. The Kier molecular flexibility index (Phi) is 3.59. The maximum atomic E-state index is 11.3. The Bertz CT molecular complexity index is 341. The van der Waals surface area contributed by atoms with E-state index in [9.17, 15) is 9.90 Å². The van der Waals surface area contributed by atoms with Crippen molar-refractivity contribution >= 4 is 17.5 Å². The molecule has 76 valence electrons. The fourth-order valence-electron chi connectivity index (χ4n) is 0.971. The molecule has 0 aliphatic carbocycles. The average Bonchev–Trinajstić information content (AvgIpc) is 2.18. The summed E-state index contributed by atoms with van der Waals surface area (Å²) in [5.74, 6) is -0.896. The second kappa shape index (κ2) is 4.72. The largest absolute Gasteiger partial charge is 0.504 e. The molecule has 3 N–H and O–H groups in total. The number of benzene rings is 1. The predicted molar refractivity (Wildman–Crippen MR) is 52.8 cm³/mol. The molecule has 0 aliphatic rings. The lowest BCUT2D eigenvalue weighted by atomic mass is 10.2. The van der Waals surface area contributed by atoms with Crippen molar-refractivity contribution in [2.24, 2.45) is 0 Å². The van der Waals surface area contributed by atoms with Crippen LogP contribution in [-0.2, 0) is 0 Å². The molecule has 0 heterocycles. The summed E-state index contributed by atoms with van der Waals surface area (Å²) >= 11 is 5.38. The Labute approximate surface area is 86.1 Å². The van der Waals surface area contributed by atoms with Crippen LogP contribution >= 0.6 is 11.6 Å². The van der Waals surface area contributed by atoms with E-state index >= 15 is 0 Å². The van der Waals surface area contributed by atoms with E-state index in [1.165, 1.54) is 18.2 Å². The van der Waals surface area contributed by atoms with Crippen molar-refractivity contribution in [3.63, 3.8) is 0 Å². The molecule has 1 amide bonds. The van der Waals surface area contributed by atoms with Gasteiger partial charge in [-0.15, -0.1) is 11.6 Å². The lowest BCUT2D eigenvalue weighted by Crippen LogP contribution is -2.25. The number of carbonyl (C=O) groups is 1. The SMILES string of the molecule is O=C(NCCCl)c1cccc(O)c1O. The fourth-order valence-corrected chi connectivity index (χ4v) is 1.07. The van der Waals surface area contributed by atoms with E-state index < -0.39 is 11.7 Å². The van der Waals surface area contributed by atoms with Crippen LogP contribution in [0.2, 0.25) is 0 Å². The van der Waals surface area contributed by atoms with Crippen LogP contribution in [0.4, 0.5) is 0 Å². The molecule has 0 atom stereocenters. The van der Waals surface area contributed by atoms with Gasteiger partial charge in [0.1, 0.15) is 0 Å². The molecule has 1 aromatic rings. The molecule has 0 saturated carbocycles. The second-order valence-electron chi connectivity index (χ2n) is 2.62. The minimum absolute atomic E-state index is 0.0371. The summed E-state index contributed by atoms with van der Waals surface area (Å²) < 4.78 is 0. The highest BCUT2D eigenvalue weighted by molar-refractivity contribution is 6.18. The summed E-state index contributed by atoms with van der Waals surface area (Å²) in [6.45, 7) is 0.315. The van der Waals surface area contributed by atoms with Gasteiger partial charge in [-0.25, -0.2) is 0 Å². The summed E-state index contributed by atoms with van der Waals surface area (Å²) in [5, 5.41) is 20.9. The Morgan fingerprint density at radius 3 is 2.79 bits per heavy atom. The molecule has 1 aromatic carbocycles. The van der Waals surface area contributed by atoms with Crippen molar-refractivity contribution in [2.75, 3.05) is 12.4 Å². The number of amides is 1. The van der Waals surface area contributed by atoms with Crippen LogP contribution in [0.25, 0.3) is 0 Å². The molecular formula is C9H10ClNO3. The zero-order valence-corrected chi connectivity index (χ0v) is 8.08. The van der Waals surface area contributed by atoms with Crippen molar-refractivity contribution in [2.45, 2.75) is 0 Å². The van der Waals surface area contributed by atoms with Crippen LogP contribution in [0.1, 0.15) is 10.4 Å². The van der Waals surface area contributed by atoms with E-state index in [-0.39, 0.29) is 11.3 Å². The van der Waals surface area contributed by atoms with E-state index in [0.717, 1.165) is 0 Å². The summed E-state index contributed by atoms with van der Waals surface area (Å²) in [6, 6.07) is 4.19. The van der Waals surface area contributed by atoms with Gasteiger partial charge < -0.3 is 15.5 Å². The van der Waals surface area contributed by atoms with Gasteiger partial charge in [-0.1, -0.05) is 6.07 Å². The van der Waals surface area contributed by atoms with E-state index in [2.05, 4.69) is 5.32 Å². The van der Waals surface area contributed by atoms with Crippen molar-refractivity contribution in [3.8, 4) is 11.5 Å². The molecule has 0 aromatic heterocycles. The Hall–Kier alpha value is -1.42. The number of phenolic OH excluding ortho intramolecular Hbond substituents is 2. The van der Waals surface area contributed by atoms with Crippen LogP contribution in [0.15, 0.2) is 18.2 Å². The maximum Gasteiger partial charge on any atom is 0.255 e. The molecule has 1 rings (SSSR count). The van der Waals surface area contributed by atoms with Gasteiger partial charge in [-0.05, 0) is 12.1 Å². The highest BCUT2D eigenvalue weighted by Gasteiger charge is 2.12. The number of halogens is 1. The van der Waals surface area contributed by atoms with E-state index in [1.54, 1.807) is 0 Å². The van der Waals surface area contributed by atoms with Crippen LogP contribution < -0.4 is 5.32 Å². The smallest absolute Gasteiger partial charge is 0.255 e. The number of aromatic hydroxyl groups is 2. The first-order chi connectivity index (χ1) is 6.66. The predicted octanol–water partition coefficient (Wildman–Crippen LogP) is 1.07. The number of hydrogen-bond donors (Lipinski definition) is 3. The third-order valence-electron chi connectivity index (χ3n) is 1.64. The van der Waals surface area contributed by atoms with Gasteiger partial charge in [-0.2, -0.15) is 0 Å². The number of carbonyl (C=O) groups excluding carboxylic acids is 1. The summed E-state index contributed by atoms with van der Waals surface area (Å²) in [5.41, 5.74) is 0.0371. The van der Waals surface area contributed by atoms with Gasteiger partial charge in [0.2, 0.25) is 0 Å². The van der Waals surface area contributed by atoms with Crippen molar-refractivity contribution in [3.05, 3.63) is 23.8 Å². The lowest BCUT2D eigenvalue weighted by Gasteiger charge is -2.05. The Morgan fingerprint density at radius 2 is 2.14 bits per heavy atom. The first kappa shape index (κ1) is 10.7. The van der Waals surface area contributed by atoms with E-state index in [1.807, 2.05) is 0 Å². The van der Waals surface area contributed by atoms with Gasteiger partial charge in [0.05, 0.1) is 5.56 Å². The highest BCUT2D eigenvalue weighted by atomic mass is 35.5. The standard InChI is InChI=1S/C9H10ClNO3/c10-4-5-11-9(14)6-2-1-3-7(12)8(6)13/h1-3,12-13H,4-5H2,(H,11,14). The monoisotopic (exact) mass is 215 g/mol. The highest BCUT2D eigenvalue weighted by Crippen LogP contribution is 2.27. The minimum atomic E-state index is -0.459. The van der Waals surface area contributed by atoms with Crippen molar-refractivity contribution < 1.29 is 15.0 Å². The van der Waals surface area contributed by atoms with Gasteiger partial charge in [-0.3, -0.25) is 4.79 Å². The average molecular weight is 216 g/mol. The molecule has 14 heavy (non-hydrogen) atoms. The fraction of sp³-hybridized carbons (Fsp3) is 0.222. The van der Waals surface area contributed by atoms with Crippen molar-refractivity contribution in [1.82, 2.24) is 5.32 Å². The molecule has 4 nitrogen and oxygen atoms in total. The van der Waals surface area contributed by atoms with Gasteiger partial charge in [0.25, 0.3) is 5.91 Å². The molecular weight excluding hydrogens is 206 g/mol. The number of rotatable bonds is 3. The quantitative estimate of drug-likeness (QED) is 0.522. The Morgan fingerprint density at radius 1 is 1.43 bits per heavy atom. The zero-order valence-electron chi connectivity index (χ0n) is 7.33. The van der Waals surface area contributed by atoms with Crippen LogP contribution in [0.3, 0.4) is 0 Å². The molecule has 0 saturated heterocycles. The zero-order chi connectivity index (χ0) is 10.6. The first-order valence-electron chi connectivity index (χ1n) is 4.02. The van der Waals surface area contributed by atoms with Crippen LogP contribution in [0.5, 0.6) is 11.5 Å². The number of alkyl halides is 1. The second-order valence-corrected chi connectivity index (χ2v) is 3.00. The lowest BCUT2D eigenvalue weighted by molar-refractivity contribution is 0.0952. The molecule has 0 spiro atoms. The number of phenols is 2. The summed E-state index contributed by atoms with van der Waals surface area (Å²) in [4.78, 5) is 11.3. The molecule has 0 bridgehead atoms. The maximum absolute atomic E-state index is 11.3. The van der Waals surface area contributed by atoms with Gasteiger partial charge in [0.15, 0.2) is 11.5 Å². The molecule has 0 radical (unpaired) electrons. The molecule has 0 unspecified atom stereocenters. The number of para-hydroxylation sites is 1. The van der Waals surface area contributed by atoms with Gasteiger partial charge in [0, 0.05) is 12.4 Å². The topological polar surface area (TPSA) is 69.6 Å². The third-order valence-corrected chi connectivity index (χ3v) is 1.83. The van der Waals surface area contributed by atoms with Crippen LogP contribution in [0, 0.1) is 0 Å².